The lowest BCUT2D eigenvalue weighted by Crippen LogP contribution is -2.38. The van der Waals surface area contributed by atoms with Gasteiger partial charge in [-0.1, -0.05) is 0 Å². The predicted molar refractivity (Wildman–Crippen MR) is 96.4 cm³/mol. The molecular formula is C12H28N2O14S2. The molecule has 0 aromatic carbocycles. The zero-order chi connectivity index (χ0) is 23.2. The molecule has 4 N–H and O–H groups in total. The Labute approximate surface area is 174 Å². The summed E-state index contributed by atoms with van der Waals surface area (Å²) < 4.78 is 78.6. The Hall–Kier alpha value is -0.580. The van der Waals surface area contributed by atoms with Crippen molar-refractivity contribution in [2.45, 2.75) is 26.1 Å². The summed E-state index contributed by atoms with van der Waals surface area (Å²) in [6, 6.07) is 0. The van der Waals surface area contributed by atoms with E-state index in [0.29, 0.717) is 5.23 Å². The van der Waals surface area contributed by atoms with Crippen LogP contribution in [0.1, 0.15) is 13.8 Å². The molecule has 0 aromatic rings. The van der Waals surface area contributed by atoms with E-state index in [9.17, 15) is 16.8 Å². The molecule has 0 heterocycles. The molecule has 0 rings (SSSR count). The second kappa shape index (κ2) is 15.3. The van der Waals surface area contributed by atoms with Gasteiger partial charge in [0.2, 0.25) is 0 Å². The lowest BCUT2D eigenvalue weighted by atomic mass is 10.4. The Bertz CT molecular complexity index is 593. The number of hydrogen-bond donors (Lipinski definition) is 4. The number of rotatable bonds is 19. The van der Waals surface area contributed by atoms with Crippen LogP contribution in [0.25, 0.3) is 0 Å². The molecule has 0 aliphatic heterocycles. The molecule has 30 heavy (non-hydrogen) atoms. The van der Waals surface area contributed by atoms with Crippen LogP contribution in [0, 0.1) is 0 Å². The molecule has 0 saturated heterocycles. The van der Waals surface area contributed by atoms with Crippen molar-refractivity contribution in [3.8, 4) is 0 Å². The fourth-order valence-corrected chi connectivity index (χ4v) is 2.95. The first-order chi connectivity index (χ1) is 13.9. The third-order valence-corrected chi connectivity index (χ3v) is 4.30. The molecule has 182 valence electrons. The third kappa shape index (κ3) is 18.2. The average molecular weight is 488 g/mol. The van der Waals surface area contributed by atoms with Crippen LogP contribution < -0.4 is 0 Å². The highest BCUT2D eigenvalue weighted by atomic mass is 32.3. The van der Waals surface area contributed by atoms with Crippen LogP contribution in [0.2, 0.25) is 0 Å². The quantitative estimate of drug-likeness (QED) is 0.0731. The van der Waals surface area contributed by atoms with Crippen LogP contribution in [0.3, 0.4) is 0 Å². The molecule has 0 bridgehead atoms. The summed E-state index contributed by atoms with van der Waals surface area (Å²) in [5.74, 6) is 0. The van der Waals surface area contributed by atoms with Gasteiger partial charge in [0.05, 0.1) is 45.2 Å². The molecule has 0 saturated carbocycles. The molecule has 18 heteroatoms. The van der Waals surface area contributed by atoms with Gasteiger partial charge in [-0.05, 0) is 19.1 Å². The van der Waals surface area contributed by atoms with E-state index in [0.717, 1.165) is 0 Å². The maximum absolute atomic E-state index is 10.6. The highest BCUT2D eigenvalue weighted by molar-refractivity contribution is 7.81. The summed E-state index contributed by atoms with van der Waals surface area (Å²) >= 11 is 0. The highest BCUT2D eigenvalue weighted by Crippen LogP contribution is 2.00. The Morgan fingerprint density at radius 2 is 1.13 bits per heavy atom. The largest absolute Gasteiger partial charge is 0.397 e. The predicted octanol–water partition coefficient (Wildman–Crippen LogP) is -1.15. The molecule has 16 nitrogen and oxygen atoms in total. The number of hydrogen-bond acceptors (Lipinski definition) is 14. The van der Waals surface area contributed by atoms with Crippen LogP contribution >= 0.6 is 0 Å². The van der Waals surface area contributed by atoms with Crippen molar-refractivity contribution < 1.29 is 64.3 Å². The van der Waals surface area contributed by atoms with Gasteiger partial charge in [-0.15, -0.1) is 9.98 Å². The summed E-state index contributed by atoms with van der Waals surface area (Å²) in [5.41, 5.74) is 0. The van der Waals surface area contributed by atoms with Crippen molar-refractivity contribution in [2.75, 3.05) is 52.6 Å². The van der Waals surface area contributed by atoms with Gasteiger partial charge in [0.1, 0.15) is 0 Å². The summed E-state index contributed by atoms with van der Waals surface area (Å²) in [4.78, 5) is 9.19. The van der Waals surface area contributed by atoms with Gasteiger partial charge in [0.25, 0.3) is 0 Å². The first kappa shape index (κ1) is 29.4. The van der Waals surface area contributed by atoms with Crippen LogP contribution in [-0.2, 0) is 48.6 Å². The number of hydroxylamine groups is 2. The van der Waals surface area contributed by atoms with Gasteiger partial charge in [0.15, 0.2) is 0 Å². The fraction of sp³-hybridized carbons (Fsp3) is 1.00. The molecular weight excluding hydrogens is 460 g/mol. The van der Waals surface area contributed by atoms with Crippen molar-refractivity contribution in [1.82, 2.24) is 10.1 Å². The van der Waals surface area contributed by atoms with E-state index in [-0.39, 0.29) is 52.6 Å². The monoisotopic (exact) mass is 488 g/mol. The van der Waals surface area contributed by atoms with E-state index in [1.807, 2.05) is 0 Å². The van der Waals surface area contributed by atoms with E-state index in [1.165, 1.54) is 13.8 Å². The second-order valence-electron chi connectivity index (χ2n) is 5.88. The zero-order valence-corrected chi connectivity index (χ0v) is 18.0. The molecule has 0 spiro atoms. The summed E-state index contributed by atoms with van der Waals surface area (Å²) in [7, 11) is -9.17. The molecule has 2 unspecified atom stereocenters. The minimum absolute atomic E-state index is 0.0997. The number of nitrogens with zero attached hydrogens (tertiary/aromatic N) is 2. The van der Waals surface area contributed by atoms with E-state index < -0.39 is 33.0 Å². The lowest BCUT2D eigenvalue weighted by molar-refractivity contribution is -0.583. The lowest BCUT2D eigenvalue weighted by Gasteiger charge is -2.24. The van der Waals surface area contributed by atoms with Crippen molar-refractivity contribution in [3.63, 3.8) is 0 Å². The Morgan fingerprint density at radius 1 is 0.733 bits per heavy atom. The SMILES string of the molecule is CC(COCCN(CCOCC(C)OS(=O)(=O)O)CCN(OO)OO)OS(=O)(=O)O. The molecule has 2 atom stereocenters. The summed E-state index contributed by atoms with van der Waals surface area (Å²) in [6.45, 7) is 3.38. The highest BCUT2D eigenvalue weighted by Gasteiger charge is 2.15. The second-order valence-corrected chi connectivity index (χ2v) is 7.98. The van der Waals surface area contributed by atoms with Crippen molar-refractivity contribution in [1.29, 1.82) is 0 Å². The average Bonchev–Trinajstić information content (AvgIpc) is 2.59. The van der Waals surface area contributed by atoms with Crippen molar-refractivity contribution in [3.05, 3.63) is 0 Å². The van der Waals surface area contributed by atoms with Crippen LogP contribution in [0.15, 0.2) is 0 Å². The van der Waals surface area contributed by atoms with Gasteiger partial charge in [-0.3, -0.25) is 14.0 Å². The number of ether oxygens (including phenoxy) is 2. The normalized spacial score (nSPS) is 15.1. The Morgan fingerprint density at radius 3 is 1.47 bits per heavy atom. The van der Waals surface area contributed by atoms with Crippen molar-refractivity contribution in [2.24, 2.45) is 0 Å². The molecule has 0 fully saturated rings. The van der Waals surface area contributed by atoms with Gasteiger partial charge >= 0.3 is 20.8 Å². The van der Waals surface area contributed by atoms with E-state index in [1.54, 1.807) is 4.90 Å². The maximum atomic E-state index is 10.6. The van der Waals surface area contributed by atoms with Gasteiger partial charge in [0, 0.05) is 19.6 Å². The van der Waals surface area contributed by atoms with Crippen LogP contribution in [0.4, 0.5) is 0 Å². The first-order valence-electron chi connectivity index (χ1n) is 8.46. The minimum Gasteiger partial charge on any atom is -0.377 e. The zero-order valence-electron chi connectivity index (χ0n) is 16.4. The van der Waals surface area contributed by atoms with Gasteiger partial charge in [-0.2, -0.15) is 16.8 Å². The van der Waals surface area contributed by atoms with Crippen LogP contribution in [0.5, 0.6) is 0 Å². The van der Waals surface area contributed by atoms with Crippen molar-refractivity contribution >= 4 is 20.8 Å². The molecule has 0 aliphatic rings. The fourth-order valence-electron chi connectivity index (χ4n) is 2.01. The van der Waals surface area contributed by atoms with Crippen LogP contribution in [-0.4, -0.2) is 111 Å². The smallest absolute Gasteiger partial charge is 0.377 e. The third-order valence-electron chi connectivity index (χ3n) is 3.16. The van der Waals surface area contributed by atoms with Gasteiger partial charge < -0.3 is 9.47 Å². The maximum Gasteiger partial charge on any atom is 0.397 e. The molecule has 0 aliphatic carbocycles. The Balaban J connectivity index is 4.36. The standard InChI is InChI=1S/C12H28N2O14S2/c1-11(25-29(17,18)19)9-23-7-5-13(3-4-14(27-15)28-16)6-8-24-10-12(2)26-30(20,21)22/h11-12,15-16H,3-10H2,1-2H3,(H,17,18,19)(H,20,21,22). The van der Waals surface area contributed by atoms with Gasteiger partial charge in [-0.25, -0.2) is 18.9 Å². The van der Waals surface area contributed by atoms with E-state index in [2.05, 4.69) is 18.3 Å². The molecule has 0 amide bonds. The molecule has 0 radical (unpaired) electrons. The minimum atomic E-state index is -4.59. The molecule has 0 aromatic heterocycles. The van der Waals surface area contributed by atoms with E-state index >= 15 is 0 Å². The summed E-state index contributed by atoms with van der Waals surface area (Å²) in [5, 5.41) is 17.3. The van der Waals surface area contributed by atoms with E-state index in [4.69, 9.17) is 29.1 Å². The topological polar surface area (TPSA) is 211 Å². The Kier molecular flexibility index (Phi) is 15.0. The first-order valence-corrected chi connectivity index (χ1v) is 11.2. The summed E-state index contributed by atoms with van der Waals surface area (Å²) in [6.07, 6.45) is -1.83.